The molecule has 0 amide bonds. The Balaban J connectivity index is 1.98. The van der Waals surface area contributed by atoms with Gasteiger partial charge in [-0.3, -0.25) is 4.79 Å². The maximum Gasteiger partial charge on any atom is 0.356 e. The lowest BCUT2D eigenvalue weighted by atomic mass is 10.2. The summed E-state index contributed by atoms with van der Waals surface area (Å²) in [6.07, 6.45) is 2.54. The number of methoxy groups -OCH3 is 1. The first-order chi connectivity index (χ1) is 11.7. The smallest absolute Gasteiger partial charge is 0.356 e. The van der Waals surface area contributed by atoms with E-state index in [4.69, 9.17) is 9.15 Å². The maximum absolute atomic E-state index is 12.2. The molecule has 24 heavy (non-hydrogen) atoms. The van der Waals surface area contributed by atoms with Gasteiger partial charge in [0.15, 0.2) is 5.69 Å². The number of carbonyl (C=O) groups excluding carboxylic acids is 1. The molecule has 0 spiro atoms. The number of hydrogen-bond donors (Lipinski definition) is 1. The van der Waals surface area contributed by atoms with Crippen molar-refractivity contribution < 1.29 is 18.7 Å². The zero-order valence-corrected chi connectivity index (χ0v) is 12.8. The molecule has 3 aromatic rings. The molecule has 2 heterocycles. The molecule has 1 N–H and O–H groups in total. The van der Waals surface area contributed by atoms with Crippen molar-refractivity contribution in [2.75, 3.05) is 7.11 Å². The van der Waals surface area contributed by atoms with E-state index in [9.17, 15) is 9.59 Å². The van der Waals surface area contributed by atoms with Gasteiger partial charge < -0.3 is 18.9 Å². The molecule has 0 saturated heterocycles. The maximum atomic E-state index is 12.2. The molecular formula is C17H14N2O5. The van der Waals surface area contributed by atoms with Crippen molar-refractivity contribution in [3.63, 3.8) is 0 Å². The number of esters is 1. The number of carbonyl (C=O) groups is 1. The van der Waals surface area contributed by atoms with E-state index in [0.717, 1.165) is 5.56 Å². The molecule has 0 fully saturated rings. The summed E-state index contributed by atoms with van der Waals surface area (Å²) in [6.45, 7) is 0.181. The van der Waals surface area contributed by atoms with E-state index in [1.165, 1.54) is 25.8 Å². The van der Waals surface area contributed by atoms with Crippen molar-refractivity contribution in [3.8, 4) is 17.2 Å². The lowest BCUT2D eigenvalue weighted by Crippen LogP contribution is -2.10. The third-order valence-electron chi connectivity index (χ3n) is 3.31. The van der Waals surface area contributed by atoms with Crippen LogP contribution in [0.2, 0.25) is 0 Å². The van der Waals surface area contributed by atoms with Gasteiger partial charge in [-0.15, -0.1) is 0 Å². The molecule has 0 atom stereocenters. The predicted octanol–water partition coefficient (Wildman–Crippen LogP) is 2.40. The third-order valence-corrected chi connectivity index (χ3v) is 3.31. The summed E-state index contributed by atoms with van der Waals surface area (Å²) in [7, 11) is 1.25. The summed E-state index contributed by atoms with van der Waals surface area (Å²) in [6, 6.07) is 10.6. The number of nitrogens with zero attached hydrogens (tertiary/aromatic N) is 1. The fourth-order valence-corrected chi connectivity index (χ4v) is 2.16. The number of benzene rings is 1. The average Bonchev–Trinajstić information content (AvgIpc) is 3.10. The van der Waals surface area contributed by atoms with Gasteiger partial charge in [0.05, 0.1) is 19.7 Å². The molecule has 0 saturated carbocycles. The zero-order valence-electron chi connectivity index (χ0n) is 12.8. The van der Waals surface area contributed by atoms with Crippen LogP contribution >= 0.6 is 0 Å². The van der Waals surface area contributed by atoms with Crippen LogP contribution in [0, 0.1) is 0 Å². The quantitative estimate of drug-likeness (QED) is 0.724. The van der Waals surface area contributed by atoms with Crippen LogP contribution in [0.4, 0.5) is 0 Å². The molecule has 2 aromatic heterocycles. The summed E-state index contributed by atoms with van der Waals surface area (Å²) >= 11 is 0. The minimum absolute atomic E-state index is 0.0152. The molecule has 0 aliphatic heterocycles. The molecular weight excluding hydrogens is 312 g/mol. The first-order valence-electron chi connectivity index (χ1n) is 7.11. The largest absolute Gasteiger partial charge is 0.481 e. The van der Waals surface area contributed by atoms with Gasteiger partial charge in [-0.25, -0.2) is 9.78 Å². The van der Waals surface area contributed by atoms with Gasteiger partial charge in [-0.2, -0.15) is 0 Å². The second kappa shape index (κ2) is 6.82. The van der Waals surface area contributed by atoms with Crippen molar-refractivity contribution in [1.82, 2.24) is 9.97 Å². The van der Waals surface area contributed by atoms with Crippen LogP contribution in [0.15, 0.2) is 58.2 Å². The zero-order chi connectivity index (χ0) is 16.9. The van der Waals surface area contributed by atoms with Gasteiger partial charge in [-0.05, 0) is 5.56 Å². The highest BCUT2D eigenvalue weighted by atomic mass is 16.5. The fourth-order valence-electron chi connectivity index (χ4n) is 2.16. The highest BCUT2D eigenvalue weighted by molar-refractivity contribution is 5.93. The molecule has 7 nitrogen and oxygen atoms in total. The molecule has 1 aromatic carbocycles. The number of H-pyrrole nitrogens is 1. The van der Waals surface area contributed by atoms with E-state index in [-0.39, 0.29) is 34.9 Å². The topological polar surface area (TPSA) is 94.4 Å². The number of ether oxygens (including phenoxy) is 2. The van der Waals surface area contributed by atoms with Crippen molar-refractivity contribution >= 4 is 5.97 Å². The van der Waals surface area contributed by atoms with E-state index < -0.39 is 5.97 Å². The molecule has 7 heteroatoms. The highest BCUT2D eigenvalue weighted by Gasteiger charge is 2.23. The second-order valence-corrected chi connectivity index (χ2v) is 4.84. The van der Waals surface area contributed by atoms with E-state index in [1.807, 2.05) is 30.3 Å². The first-order valence-corrected chi connectivity index (χ1v) is 7.11. The lowest BCUT2D eigenvalue weighted by molar-refractivity contribution is 0.0595. The van der Waals surface area contributed by atoms with E-state index in [0.29, 0.717) is 0 Å². The Morgan fingerprint density at radius 1 is 1.25 bits per heavy atom. The monoisotopic (exact) mass is 326 g/mol. The van der Waals surface area contributed by atoms with E-state index in [2.05, 4.69) is 14.7 Å². The molecule has 0 bridgehead atoms. The average molecular weight is 326 g/mol. The minimum atomic E-state index is -0.622. The summed E-state index contributed by atoms with van der Waals surface area (Å²) in [5.41, 5.74) is 0.756. The Morgan fingerprint density at radius 2 is 2.04 bits per heavy atom. The van der Waals surface area contributed by atoms with E-state index in [1.54, 1.807) is 0 Å². The third kappa shape index (κ3) is 3.05. The molecule has 0 aliphatic rings. The number of rotatable bonds is 5. The predicted molar refractivity (Wildman–Crippen MR) is 84.7 cm³/mol. The van der Waals surface area contributed by atoms with Crippen LogP contribution in [0.5, 0.6) is 5.75 Å². The van der Waals surface area contributed by atoms with Crippen molar-refractivity contribution in [3.05, 3.63) is 70.5 Å². The SMILES string of the molecule is COC(=O)c1[nH]cnc1-c1occc(=O)c1OCc1ccccc1. The van der Waals surface area contributed by atoms with Gasteiger partial charge in [0.1, 0.15) is 12.3 Å². The van der Waals surface area contributed by atoms with Crippen molar-refractivity contribution in [1.29, 1.82) is 0 Å². The van der Waals surface area contributed by atoms with Crippen LogP contribution in [-0.2, 0) is 11.3 Å². The van der Waals surface area contributed by atoms with Crippen LogP contribution in [0.1, 0.15) is 16.1 Å². The Hall–Kier alpha value is -3.35. The summed E-state index contributed by atoms with van der Waals surface area (Å²) in [5.74, 6) is -0.568. The number of aromatic amines is 1. The standard InChI is InChI=1S/C17H14N2O5/c1-22-17(21)14-13(18-10-19-14)16-15(12(20)7-8-23-16)24-9-11-5-3-2-4-6-11/h2-8,10H,9H2,1H3,(H,18,19). The summed E-state index contributed by atoms with van der Waals surface area (Å²) in [4.78, 5) is 30.7. The highest BCUT2D eigenvalue weighted by Crippen LogP contribution is 2.28. The number of imidazole rings is 1. The van der Waals surface area contributed by atoms with Crippen LogP contribution in [0.3, 0.4) is 0 Å². The Bertz CT molecular complexity index is 899. The van der Waals surface area contributed by atoms with Gasteiger partial charge in [0.25, 0.3) is 0 Å². The van der Waals surface area contributed by atoms with Gasteiger partial charge >= 0.3 is 5.97 Å². The Morgan fingerprint density at radius 3 is 2.79 bits per heavy atom. The molecule has 0 aliphatic carbocycles. The van der Waals surface area contributed by atoms with Crippen LogP contribution < -0.4 is 10.2 Å². The normalized spacial score (nSPS) is 10.4. The van der Waals surface area contributed by atoms with Crippen molar-refractivity contribution in [2.45, 2.75) is 6.61 Å². The Labute approximate surface area is 136 Å². The number of nitrogens with one attached hydrogen (secondary N) is 1. The molecule has 0 radical (unpaired) electrons. The minimum Gasteiger partial charge on any atom is -0.481 e. The Kier molecular flexibility index (Phi) is 4.42. The van der Waals surface area contributed by atoms with E-state index >= 15 is 0 Å². The van der Waals surface area contributed by atoms with Gasteiger partial charge in [0, 0.05) is 6.07 Å². The number of aromatic nitrogens is 2. The lowest BCUT2D eigenvalue weighted by Gasteiger charge is -2.09. The molecule has 122 valence electrons. The van der Waals surface area contributed by atoms with Gasteiger partial charge in [-0.1, -0.05) is 30.3 Å². The molecule has 3 rings (SSSR count). The van der Waals surface area contributed by atoms with Crippen LogP contribution in [-0.4, -0.2) is 23.0 Å². The first kappa shape index (κ1) is 15.5. The van der Waals surface area contributed by atoms with Crippen LogP contribution in [0.25, 0.3) is 11.5 Å². The second-order valence-electron chi connectivity index (χ2n) is 4.84. The fraction of sp³-hybridized carbons (Fsp3) is 0.118. The molecule has 0 unspecified atom stereocenters. The number of hydrogen-bond acceptors (Lipinski definition) is 6. The van der Waals surface area contributed by atoms with Crippen molar-refractivity contribution in [2.24, 2.45) is 0 Å². The summed E-state index contributed by atoms with van der Waals surface area (Å²) in [5, 5.41) is 0. The summed E-state index contributed by atoms with van der Waals surface area (Å²) < 4.78 is 15.7. The van der Waals surface area contributed by atoms with Gasteiger partial charge in [0.2, 0.25) is 16.9 Å².